The zero-order chi connectivity index (χ0) is 22.9. The molecule has 0 spiro atoms. The molecule has 0 heterocycles. The van der Waals surface area contributed by atoms with Crippen LogP contribution in [0.5, 0.6) is 0 Å². The molecular formula is C25H25ClN2O3S. The van der Waals surface area contributed by atoms with Gasteiger partial charge in [-0.1, -0.05) is 53.6 Å². The first-order valence-corrected chi connectivity index (χ1v) is 12.4. The zero-order valence-corrected chi connectivity index (χ0v) is 19.6. The van der Waals surface area contributed by atoms with Crippen molar-refractivity contribution in [3.8, 4) is 0 Å². The van der Waals surface area contributed by atoms with E-state index in [0.29, 0.717) is 5.69 Å². The van der Waals surface area contributed by atoms with Crippen LogP contribution in [0.3, 0.4) is 0 Å². The summed E-state index contributed by atoms with van der Waals surface area (Å²) in [6, 6.07) is 17.7. The van der Waals surface area contributed by atoms with Crippen LogP contribution in [0, 0.1) is 13.8 Å². The number of carbonyl (C=O) groups excluding carboxylic acids is 1. The van der Waals surface area contributed by atoms with Crippen molar-refractivity contribution in [3.05, 3.63) is 93.5 Å². The van der Waals surface area contributed by atoms with Crippen molar-refractivity contribution in [3.63, 3.8) is 0 Å². The third-order valence-corrected chi connectivity index (χ3v) is 7.63. The van der Waals surface area contributed by atoms with Crippen molar-refractivity contribution >= 4 is 33.2 Å². The number of amides is 1. The SMILES string of the molecule is Cc1ccc(NS(=O)(=O)c2cc(C(=O)NC3CCCc4ccccc43)ccc2Cl)c(C)c1. The topological polar surface area (TPSA) is 75.3 Å². The molecule has 0 aromatic heterocycles. The molecule has 1 aliphatic rings. The number of aryl methyl sites for hydroxylation is 3. The van der Waals surface area contributed by atoms with Crippen LogP contribution in [0.2, 0.25) is 5.02 Å². The number of hydrogen-bond donors (Lipinski definition) is 2. The Labute approximate surface area is 193 Å². The van der Waals surface area contributed by atoms with Gasteiger partial charge < -0.3 is 5.32 Å². The van der Waals surface area contributed by atoms with E-state index in [1.54, 1.807) is 12.1 Å². The summed E-state index contributed by atoms with van der Waals surface area (Å²) >= 11 is 6.22. The Kier molecular flexibility index (Phi) is 6.26. The van der Waals surface area contributed by atoms with Gasteiger partial charge in [-0.2, -0.15) is 0 Å². The first kappa shape index (κ1) is 22.4. The number of rotatable bonds is 5. The first-order valence-electron chi connectivity index (χ1n) is 10.5. The molecule has 32 heavy (non-hydrogen) atoms. The maximum Gasteiger partial charge on any atom is 0.263 e. The fraction of sp³-hybridized carbons (Fsp3) is 0.240. The van der Waals surface area contributed by atoms with Gasteiger partial charge in [-0.05, 0) is 74.1 Å². The van der Waals surface area contributed by atoms with Crippen molar-refractivity contribution in [2.24, 2.45) is 0 Å². The fourth-order valence-corrected chi connectivity index (χ4v) is 5.78. The van der Waals surface area contributed by atoms with Gasteiger partial charge in [0.05, 0.1) is 16.8 Å². The lowest BCUT2D eigenvalue weighted by molar-refractivity contribution is 0.0932. The third kappa shape index (κ3) is 4.66. The minimum absolute atomic E-state index is 0.0572. The summed E-state index contributed by atoms with van der Waals surface area (Å²) in [5.41, 5.74) is 4.91. The normalized spacial score (nSPS) is 15.7. The highest BCUT2D eigenvalue weighted by atomic mass is 35.5. The molecule has 7 heteroatoms. The summed E-state index contributed by atoms with van der Waals surface area (Å²) in [5, 5.41) is 3.11. The molecule has 166 valence electrons. The molecule has 5 nitrogen and oxygen atoms in total. The molecule has 1 amide bonds. The molecule has 1 atom stereocenters. The molecule has 0 aliphatic heterocycles. The van der Waals surface area contributed by atoms with E-state index in [4.69, 9.17) is 11.6 Å². The van der Waals surface area contributed by atoms with Gasteiger partial charge in [-0.3, -0.25) is 9.52 Å². The minimum atomic E-state index is -3.98. The Morgan fingerprint density at radius 1 is 1.03 bits per heavy atom. The average molecular weight is 469 g/mol. The summed E-state index contributed by atoms with van der Waals surface area (Å²) in [7, 11) is -3.98. The van der Waals surface area contributed by atoms with Gasteiger partial charge in [-0.25, -0.2) is 8.42 Å². The second-order valence-electron chi connectivity index (χ2n) is 8.19. The Morgan fingerprint density at radius 3 is 2.59 bits per heavy atom. The monoisotopic (exact) mass is 468 g/mol. The highest BCUT2D eigenvalue weighted by Gasteiger charge is 2.24. The molecule has 0 bridgehead atoms. The molecular weight excluding hydrogens is 444 g/mol. The third-order valence-electron chi connectivity index (χ3n) is 5.78. The van der Waals surface area contributed by atoms with E-state index in [9.17, 15) is 13.2 Å². The standard InChI is InChI=1S/C25H25ClN2O3S/c1-16-10-13-22(17(2)14-16)28-32(30,31)24-15-19(11-12-21(24)26)25(29)27-23-9-5-7-18-6-3-4-8-20(18)23/h3-4,6,8,10-15,23,28H,5,7,9H2,1-2H3,(H,27,29). The molecule has 1 unspecified atom stereocenters. The number of sulfonamides is 1. The summed E-state index contributed by atoms with van der Waals surface area (Å²) in [4.78, 5) is 12.9. The van der Waals surface area contributed by atoms with E-state index in [-0.39, 0.29) is 27.4 Å². The zero-order valence-electron chi connectivity index (χ0n) is 18.0. The van der Waals surface area contributed by atoms with Gasteiger partial charge in [0.15, 0.2) is 0 Å². The van der Waals surface area contributed by atoms with Gasteiger partial charge >= 0.3 is 0 Å². The lowest BCUT2D eigenvalue weighted by Gasteiger charge is -2.26. The minimum Gasteiger partial charge on any atom is -0.345 e. The van der Waals surface area contributed by atoms with Crippen LogP contribution < -0.4 is 10.0 Å². The van der Waals surface area contributed by atoms with Gasteiger partial charge in [-0.15, -0.1) is 0 Å². The first-order chi connectivity index (χ1) is 15.2. The highest BCUT2D eigenvalue weighted by Crippen LogP contribution is 2.31. The van der Waals surface area contributed by atoms with Gasteiger partial charge in [0.2, 0.25) is 0 Å². The van der Waals surface area contributed by atoms with Crippen LogP contribution in [0.4, 0.5) is 5.69 Å². The number of nitrogens with one attached hydrogen (secondary N) is 2. The van der Waals surface area contributed by atoms with Crippen molar-refractivity contribution in [1.82, 2.24) is 5.32 Å². The van der Waals surface area contributed by atoms with Crippen LogP contribution >= 0.6 is 11.6 Å². The summed E-state index contributed by atoms with van der Waals surface area (Å²) in [5.74, 6) is -0.327. The Balaban J connectivity index is 1.59. The Bertz CT molecular complexity index is 1290. The van der Waals surface area contributed by atoms with Crippen molar-refractivity contribution in [1.29, 1.82) is 0 Å². The number of anilines is 1. The number of halogens is 1. The molecule has 0 fully saturated rings. The van der Waals surface area contributed by atoms with Gasteiger partial charge in [0.1, 0.15) is 4.90 Å². The number of carbonyl (C=O) groups is 1. The molecule has 4 rings (SSSR count). The molecule has 0 saturated carbocycles. The largest absolute Gasteiger partial charge is 0.345 e. The van der Waals surface area contributed by atoms with E-state index in [0.717, 1.165) is 36.0 Å². The summed E-state index contributed by atoms with van der Waals surface area (Å²) < 4.78 is 28.7. The molecule has 3 aromatic rings. The fourth-order valence-electron chi connectivity index (χ4n) is 4.12. The van der Waals surface area contributed by atoms with Crippen LogP contribution in [0.15, 0.2) is 65.6 Å². The molecule has 0 radical (unpaired) electrons. The molecule has 2 N–H and O–H groups in total. The van der Waals surface area contributed by atoms with Crippen molar-refractivity contribution in [2.45, 2.75) is 44.0 Å². The van der Waals surface area contributed by atoms with Crippen LogP contribution in [0.25, 0.3) is 0 Å². The van der Waals surface area contributed by atoms with Gasteiger partial charge in [0.25, 0.3) is 15.9 Å². The lowest BCUT2D eigenvalue weighted by Crippen LogP contribution is -2.31. The number of hydrogen-bond acceptors (Lipinski definition) is 3. The quantitative estimate of drug-likeness (QED) is 0.514. The van der Waals surface area contributed by atoms with Crippen molar-refractivity contribution < 1.29 is 13.2 Å². The summed E-state index contributed by atoms with van der Waals surface area (Å²) in [6.07, 6.45) is 2.83. The summed E-state index contributed by atoms with van der Waals surface area (Å²) in [6.45, 7) is 3.77. The highest BCUT2D eigenvalue weighted by molar-refractivity contribution is 7.92. The number of benzene rings is 3. The number of fused-ring (bicyclic) bond motifs is 1. The van der Waals surface area contributed by atoms with Crippen molar-refractivity contribution in [2.75, 3.05) is 4.72 Å². The second-order valence-corrected chi connectivity index (χ2v) is 10.2. The smallest absolute Gasteiger partial charge is 0.263 e. The average Bonchev–Trinajstić information content (AvgIpc) is 2.76. The predicted octanol–water partition coefficient (Wildman–Crippen LogP) is 5.57. The molecule has 3 aromatic carbocycles. The molecule has 0 saturated heterocycles. The van der Waals surface area contributed by atoms with Crippen LogP contribution in [0.1, 0.15) is 51.5 Å². The van der Waals surface area contributed by atoms with Crippen LogP contribution in [-0.4, -0.2) is 14.3 Å². The van der Waals surface area contributed by atoms with E-state index in [2.05, 4.69) is 16.1 Å². The maximum atomic E-state index is 13.1. The molecule has 1 aliphatic carbocycles. The maximum absolute atomic E-state index is 13.1. The van der Waals surface area contributed by atoms with E-state index < -0.39 is 10.0 Å². The Hall–Kier alpha value is -2.83. The Morgan fingerprint density at radius 2 is 1.81 bits per heavy atom. The van der Waals surface area contributed by atoms with E-state index >= 15 is 0 Å². The lowest BCUT2D eigenvalue weighted by atomic mass is 9.87. The van der Waals surface area contributed by atoms with E-state index in [1.807, 2.05) is 44.2 Å². The van der Waals surface area contributed by atoms with E-state index in [1.165, 1.54) is 17.7 Å². The van der Waals surface area contributed by atoms with Gasteiger partial charge in [0, 0.05) is 5.56 Å². The second kappa shape index (κ2) is 8.96. The predicted molar refractivity (Wildman–Crippen MR) is 128 cm³/mol. The van der Waals surface area contributed by atoms with Crippen LogP contribution in [-0.2, 0) is 16.4 Å².